The molecule has 2 fully saturated rings. The molecular formula is C13H23NO3. The van der Waals surface area contributed by atoms with E-state index >= 15 is 0 Å². The second kappa shape index (κ2) is 4.67. The summed E-state index contributed by atoms with van der Waals surface area (Å²) in [5, 5.41) is 0. The van der Waals surface area contributed by atoms with Crippen LogP contribution >= 0.6 is 0 Å². The van der Waals surface area contributed by atoms with Crippen molar-refractivity contribution in [2.75, 3.05) is 26.4 Å². The summed E-state index contributed by atoms with van der Waals surface area (Å²) in [6.45, 7) is 6.33. The van der Waals surface area contributed by atoms with Crippen LogP contribution in [0.15, 0.2) is 0 Å². The highest BCUT2D eigenvalue weighted by Crippen LogP contribution is 2.38. The number of hydrogen-bond acceptors (Lipinski definition) is 4. The number of rotatable bonds is 3. The molecule has 2 rings (SSSR count). The van der Waals surface area contributed by atoms with E-state index in [4.69, 9.17) is 15.2 Å². The van der Waals surface area contributed by atoms with Gasteiger partial charge in [-0.05, 0) is 12.8 Å². The van der Waals surface area contributed by atoms with Gasteiger partial charge in [0, 0.05) is 37.5 Å². The molecule has 0 aromatic carbocycles. The monoisotopic (exact) mass is 241 g/mol. The zero-order valence-electron chi connectivity index (χ0n) is 10.8. The predicted molar refractivity (Wildman–Crippen MR) is 64.7 cm³/mol. The third-order valence-electron chi connectivity index (χ3n) is 4.11. The van der Waals surface area contributed by atoms with Crippen LogP contribution in [0.1, 0.15) is 33.1 Å². The van der Waals surface area contributed by atoms with Crippen molar-refractivity contribution < 1.29 is 14.3 Å². The number of ether oxygens (including phenoxy) is 2. The molecule has 0 amide bonds. The predicted octanol–water partition coefficient (Wildman–Crippen LogP) is 1.13. The van der Waals surface area contributed by atoms with Gasteiger partial charge in [0.2, 0.25) is 0 Å². The Morgan fingerprint density at radius 3 is 2.82 bits per heavy atom. The molecule has 2 aliphatic rings. The summed E-state index contributed by atoms with van der Waals surface area (Å²) >= 11 is 0. The fourth-order valence-corrected chi connectivity index (χ4v) is 2.77. The van der Waals surface area contributed by atoms with Gasteiger partial charge in [0.05, 0.1) is 12.2 Å². The SMILES string of the molecule is CC(C)(CN)C(=O)C1CCOC2(CCOC2)C1. The topological polar surface area (TPSA) is 61.6 Å². The van der Waals surface area contributed by atoms with Crippen LogP contribution in [0.2, 0.25) is 0 Å². The van der Waals surface area contributed by atoms with Crippen molar-refractivity contribution >= 4 is 5.78 Å². The van der Waals surface area contributed by atoms with E-state index in [1.54, 1.807) is 0 Å². The molecule has 2 saturated heterocycles. The molecule has 2 atom stereocenters. The Morgan fingerprint density at radius 1 is 1.47 bits per heavy atom. The minimum Gasteiger partial charge on any atom is -0.378 e. The van der Waals surface area contributed by atoms with Crippen molar-refractivity contribution in [3.05, 3.63) is 0 Å². The zero-order chi connectivity index (χ0) is 12.5. The Bertz CT molecular complexity index is 295. The van der Waals surface area contributed by atoms with Gasteiger partial charge in [0.1, 0.15) is 5.78 Å². The Kier molecular flexibility index (Phi) is 3.57. The normalized spacial score (nSPS) is 34.2. The zero-order valence-corrected chi connectivity index (χ0v) is 10.8. The van der Waals surface area contributed by atoms with Crippen molar-refractivity contribution in [2.45, 2.75) is 38.7 Å². The molecule has 2 unspecified atom stereocenters. The Hall–Kier alpha value is -0.450. The summed E-state index contributed by atoms with van der Waals surface area (Å²) in [5.41, 5.74) is 5.08. The molecule has 98 valence electrons. The number of hydrogen-bond donors (Lipinski definition) is 1. The number of nitrogens with two attached hydrogens (primary N) is 1. The highest BCUT2D eigenvalue weighted by Gasteiger charge is 2.45. The van der Waals surface area contributed by atoms with E-state index in [0.717, 1.165) is 25.9 Å². The molecule has 0 saturated carbocycles. The molecule has 2 heterocycles. The van der Waals surface area contributed by atoms with E-state index in [9.17, 15) is 4.79 Å². The third kappa shape index (κ3) is 2.54. The maximum absolute atomic E-state index is 12.4. The first-order valence-electron chi connectivity index (χ1n) is 6.45. The molecule has 0 bridgehead atoms. The summed E-state index contributed by atoms with van der Waals surface area (Å²) < 4.78 is 11.3. The highest BCUT2D eigenvalue weighted by molar-refractivity contribution is 5.86. The summed E-state index contributed by atoms with van der Waals surface area (Å²) in [4.78, 5) is 12.4. The molecule has 17 heavy (non-hydrogen) atoms. The van der Waals surface area contributed by atoms with Crippen LogP contribution in [0.3, 0.4) is 0 Å². The summed E-state index contributed by atoms with van der Waals surface area (Å²) in [6.07, 6.45) is 2.54. The quantitative estimate of drug-likeness (QED) is 0.804. The molecule has 0 radical (unpaired) electrons. The number of carbonyl (C=O) groups is 1. The number of carbonyl (C=O) groups excluding carboxylic acids is 1. The molecule has 2 aliphatic heterocycles. The van der Waals surface area contributed by atoms with Crippen LogP contribution in [0, 0.1) is 11.3 Å². The van der Waals surface area contributed by atoms with Crippen molar-refractivity contribution in [2.24, 2.45) is 17.1 Å². The Balaban J connectivity index is 2.04. The first-order chi connectivity index (χ1) is 7.99. The summed E-state index contributed by atoms with van der Waals surface area (Å²) in [6, 6.07) is 0. The Labute approximate surface area is 103 Å². The first kappa shape index (κ1) is 13.0. The van der Waals surface area contributed by atoms with Gasteiger partial charge in [0.15, 0.2) is 0 Å². The smallest absolute Gasteiger partial charge is 0.143 e. The van der Waals surface area contributed by atoms with E-state index < -0.39 is 5.41 Å². The molecule has 0 aromatic heterocycles. The average Bonchev–Trinajstić information content (AvgIpc) is 2.76. The van der Waals surface area contributed by atoms with E-state index in [2.05, 4.69) is 0 Å². The second-order valence-electron chi connectivity index (χ2n) is 5.98. The van der Waals surface area contributed by atoms with Crippen LogP contribution < -0.4 is 5.73 Å². The highest BCUT2D eigenvalue weighted by atomic mass is 16.6. The van der Waals surface area contributed by atoms with Crippen LogP contribution in [0.4, 0.5) is 0 Å². The number of Topliss-reactive ketones (excluding diaryl/α,β-unsaturated/α-hetero) is 1. The van der Waals surface area contributed by atoms with Gasteiger partial charge >= 0.3 is 0 Å². The van der Waals surface area contributed by atoms with Crippen molar-refractivity contribution in [1.29, 1.82) is 0 Å². The van der Waals surface area contributed by atoms with E-state index in [1.165, 1.54) is 0 Å². The first-order valence-corrected chi connectivity index (χ1v) is 6.45. The third-order valence-corrected chi connectivity index (χ3v) is 4.11. The molecule has 0 aliphatic carbocycles. The minimum atomic E-state index is -0.414. The minimum absolute atomic E-state index is 0.0870. The fourth-order valence-electron chi connectivity index (χ4n) is 2.77. The average molecular weight is 241 g/mol. The molecule has 4 heteroatoms. The maximum atomic E-state index is 12.4. The van der Waals surface area contributed by atoms with Gasteiger partial charge in [0.25, 0.3) is 0 Å². The number of ketones is 1. The van der Waals surface area contributed by atoms with E-state index in [1.807, 2.05) is 13.8 Å². The van der Waals surface area contributed by atoms with Gasteiger partial charge in [-0.25, -0.2) is 0 Å². The van der Waals surface area contributed by atoms with Crippen LogP contribution in [-0.2, 0) is 14.3 Å². The molecular weight excluding hydrogens is 218 g/mol. The van der Waals surface area contributed by atoms with Gasteiger partial charge in [-0.2, -0.15) is 0 Å². The maximum Gasteiger partial charge on any atom is 0.143 e. The second-order valence-corrected chi connectivity index (χ2v) is 5.98. The molecule has 1 spiro atoms. The van der Waals surface area contributed by atoms with Crippen molar-refractivity contribution in [3.8, 4) is 0 Å². The lowest BCUT2D eigenvalue weighted by Crippen LogP contribution is -2.46. The van der Waals surface area contributed by atoms with Crippen molar-refractivity contribution in [3.63, 3.8) is 0 Å². The summed E-state index contributed by atoms with van der Waals surface area (Å²) in [5.74, 6) is 0.374. The lowest BCUT2D eigenvalue weighted by atomic mass is 9.74. The molecule has 0 aromatic rings. The molecule has 4 nitrogen and oxygen atoms in total. The van der Waals surface area contributed by atoms with Gasteiger partial charge in [-0.3, -0.25) is 4.79 Å². The lowest BCUT2D eigenvalue weighted by molar-refractivity contribution is -0.144. The van der Waals surface area contributed by atoms with Gasteiger partial charge in [-0.1, -0.05) is 13.8 Å². The van der Waals surface area contributed by atoms with Gasteiger partial charge < -0.3 is 15.2 Å². The van der Waals surface area contributed by atoms with Crippen LogP contribution in [0.5, 0.6) is 0 Å². The Morgan fingerprint density at radius 2 is 2.24 bits per heavy atom. The molecule has 2 N–H and O–H groups in total. The summed E-state index contributed by atoms with van der Waals surface area (Å²) in [7, 11) is 0. The van der Waals surface area contributed by atoms with Crippen LogP contribution in [-0.4, -0.2) is 37.7 Å². The fraction of sp³-hybridized carbons (Fsp3) is 0.923. The van der Waals surface area contributed by atoms with Gasteiger partial charge in [-0.15, -0.1) is 0 Å². The lowest BCUT2D eigenvalue weighted by Gasteiger charge is -2.38. The van der Waals surface area contributed by atoms with Crippen molar-refractivity contribution in [1.82, 2.24) is 0 Å². The largest absolute Gasteiger partial charge is 0.378 e. The van der Waals surface area contributed by atoms with Crippen LogP contribution in [0.25, 0.3) is 0 Å². The van der Waals surface area contributed by atoms with E-state index in [-0.39, 0.29) is 17.3 Å². The van der Waals surface area contributed by atoms with E-state index in [0.29, 0.717) is 19.8 Å². The standard InChI is InChI=1S/C13H23NO3/c1-12(2,8-14)11(15)10-3-5-17-13(7-10)4-6-16-9-13/h10H,3-9,14H2,1-2H3.